The molecule has 0 bridgehead atoms. The molecule has 0 saturated carbocycles. The maximum atomic E-state index is 3.84. The number of hydrogen-bond donors (Lipinski definition) is 0. The van der Waals surface area contributed by atoms with E-state index < -0.39 is 0 Å². The second-order valence-electron chi connectivity index (χ2n) is 0.984. The SMILES string of the molecule is [Au][c]1ncccn1. The molecule has 1 heterocycles. The van der Waals surface area contributed by atoms with Crippen molar-refractivity contribution in [2.24, 2.45) is 0 Å². The Morgan fingerprint density at radius 2 is 1.86 bits per heavy atom. The molecule has 1 aromatic heterocycles. The van der Waals surface area contributed by atoms with Crippen molar-refractivity contribution < 1.29 is 21.1 Å². The van der Waals surface area contributed by atoms with Crippen molar-refractivity contribution in [2.45, 2.75) is 0 Å². The zero-order valence-corrected chi connectivity index (χ0v) is 5.59. The molecule has 0 aliphatic rings. The van der Waals surface area contributed by atoms with Gasteiger partial charge in [-0.3, -0.25) is 0 Å². The number of rotatable bonds is 0. The first-order valence-electron chi connectivity index (χ1n) is 1.78. The fraction of sp³-hybridized carbons (Fsp3) is 0. The van der Waals surface area contributed by atoms with E-state index in [0.717, 1.165) is 4.04 Å². The van der Waals surface area contributed by atoms with Crippen LogP contribution >= 0.6 is 0 Å². The summed E-state index contributed by atoms with van der Waals surface area (Å²) in [6, 6.07) is 1.79. The van der Waals surface area contributed by atoms with Crippen LogP contribution in [0.5, 0.6) is 0 Å². The molecule has 0 amide bonds. The minimum atomic E-state index is 0.766. The van der Waals surface area contributed by atoms with Crippen LogP contribution in [-0.2, 0) is 21.1 Å². The van der Waals surface area contributed by atoms with Crippen LogP contribution in [0.15, 0.2) is 18.5 Å². The van der Waals surface area contributed by atoms with Crippen molar-refractivity contribution in [3.05, 3.63) is 18.5 Å². The van der Waals surface area contributed by atoms with Crippen molar-refractivity contribution >= 4 is 4.04 Å². The van der Waals surface area contributed by atoms with E-state index in [1.54, 1.807) is 18.5 Å². The van der Waals surface area contributed by atoms with E-state index in [2.05, 4.69) is 31.0 Å². The van der Waals surface area contributed by atoms with Gasteiger partial charge in [-0.25, -0.2) is 0 Å². The second-order valence-corrected chi connectivity index (χ2v) is 1.95. The van der Waals surface area contributed by atoms with Gasteiger partial charge in [0.05, 0.1) is 0 Å². The van der Waals surface area contributed by atoms with Gasteiger partial charge in [-0.15, -0.1) is 0 Å². The van der Waals surface area contributed by atoms with Crippen molar-refractivity contribution in [1.29, 1.82) is 0 Å². The van der Waals surface area contributed by atoms with Crippen LogP contribution in [0.2, 0.25) is 0 Å². The van der Waals surface area contributed by atoms with Gasteiger partial charge in [0.15, 0.2) is 0 Å². The van der Waals surface area contributed by atoms with E-state index in [0.29, 0.717) is 0 Å². The van der Waals surface area contributed by atoms with E-state index in [1.165, 1.54) is 0 Å². The fourth-order valence-corrected chi connectivity index (χ4v) is 0.592. The molecule has 3 heteroatoms. The monoisotopic (exact) mass is 276 g/mol. The zero-order valence-electron chi connectivity index (χ0n) is 3.43. The Balaban J connectivity index is 3.02. The van der Waals surface area contributed by atoms with Gasteiger partial charge >= 0.3 is 53.5 Å². The molecular weight excluding hydrogens is 273 g/mol. The average Bonchev–Trinajstić information content (AvgIpc) is 1.69. The van der Waals surface area contributed by atoms with Crippen LogP contribution in [0.1, 0.15) is 0 Å². The molecule has 0 saturated heterocycles. The third-order valence-electron chi connectivity index (χ3n) is 0.515. The summed E-state index contributed by atoms with van der Waals surface area (Å²) in [7, 11) is 0. The summed E-state index contributed by atoms with van der Waals surface area (Å²) >= 11 is 2.22. The molecule has 40 valence electrons. The van der Waals surface area contributed by atoms with Gasteiger partial charge in [-0.05, 0) is 0 Å². The van der Waals surface area contributed by atoms with E-state index in [-0.39, 0.29) is 0 Å². The van der Waals surface area contributed by atoms with Gasteiger partial charge in [0.2, 0.25) is 0 Å². The van der Waals surface area contributed by atoms with Gasteiger partial charge in [0.1, 0.15) is 0 Å². The Labute approximate surface area is 53.9 Å². The summed E-state index contributed by atoms with van der Waals surface area (Å²) in [4.78, 5) is 7.69. The Morgan fingerprint density at radius 3 is 2.14 bits per heavy atom. The van der Waals surface area contributed by atoms with E-state index in [1.807, 2.05) is 0 Å². The first kappa shape index (κ1) is 4.97. The Bertz CT molecular complexity index is 140. The normalized spacial score (nSPS) is 8.86. The predicted octanol–water partition coefficient (Wildman–Crippen LogP) is -0.351. The Morgan fingerprint density at radius 1 is 1.29 bits per heavy atom. The molecule has 2 nitrogen and oxygen atoms in total. The van der Waals surface area contributed by atoms with E-state index in [4.69, 9.17) is 0 Å². The standard InChI is InChI=1S/C4H3N2.Au/c1-2-5-4-6-3-1;/h1-3H;. The fourth-order valence-electron chi connectivity index (χ4n) is 0.270. The van der Waals surface area contributed by atoms with Crippen molar-refractivity contribution in [2.75, 3.05) is 0 Å². The van der Waals surface area contributed by atoms with Gasteiger partial charge in [0, 0.05) is 0 Å². The predicted molar refractivity (Wildman–Crippen MR) is 21.7 cm³/mol. The molecule has 0 radical (unpaired) electrons. The second kappa shape index (κ2) is 2.21. The summed E-state index contributed by atoms with van der Waals surface area (Å²) in [5, 5.41) is 0. The van der Waals surface area contributed by atoms with Gasteiger partial charge < -0.3 is 0 Å². The van der Waals surface area contributed by atoms with Crippen LogP contribution < -0.4 is 4.04 Å². The van der Waals surface area contributed by atoms with Crippen molar-refractivity contribution in [1.82, 2.24) is 9.97 Å². The summed E-state index contributed by atoms with van der Waals surface area (Å²) in [6.07, 6.45) is 3.42. The third-order valence-corrected chi connectivity index (χ3v) is 1.07. The van der Waals surface area contributed by atoms with Crippen molar-refractivity contribution in [3.8, 4) is 0 Å². The third kappa shape index (κ3) is 1.39. The molecule has 7 heavy (non-hydrogen) atoms. The summed E-state index contributed by atoms with van der Waals surface area (Å²) in [6.45, 7) is 0. The zero-order chi connectivity index (χ0) is 5.11. The quantitative estimate of drug-likeness (QED) is 0.605. The summed E-state index contributed by atoms with van der Waals surface area (Å²) in [5.41, 5.74) is 0. The molecule has 0 aliphatic carbocycles. The Kier molecular flexibility index (Phi) is 1.57. The number of nitrogens with zero attached hydrogens (tertiary/aromatic N) is 2. The molecule has 1 aromatic rings. The van der Waals surface area contributed by atoms with Gasteiger partial charge in [0.25, 0.3) is 0 Å². The molecule has 0 spiro atoms. The molecule has 0 fully saturated rings. The Hall–Kier alpha value is -0.180. The van der Waals surface area contributed by atoms with Crippen LogP contribution in [0, 0.1) is 0 Å². The molecule has 0 unspecified atom stereocenters. The van der Waals surface area contributed by atoms with Crippen LogP contribution in [0.4, 0.5) is 0 Å². The molecule has 0 atom stereocenters. The average molecular weight is 276 g/mol. The molecular formula is C4H3AuN2. The van der Waals surface area contributed by atoms with Crippen molar-refractivity contribution in [3.63, 3.8) is 0 Å². The summed E-state index contributed by atoms with van der Waals surface area (Å²) in [5.74, 6) is 0. The minimum absolute atomic E-state index is 0.766. The molecule has 0 aliphatic heterocycles. The molecule has 1 rings (SSSR count). The maximum absolute atomic E-state index is 3.84. The van der Waals surface area contributed by atoms with E-state index in [9.17, 15) is 0 Å². The van der Waals surface area contributed by atoms with Crippen LogP contribution in [0.3, 0.4) is 0 Å². The van der Waals surface area contributed by atoms with Gasteiger partial charge in [-0.1, -0.05) is 0 Å². The first-order chi connectivity index (χ1) is 3.39. The van der Waals surface area contributed by atoms with E-state index >= 15 is 0 Å². The first-order valence-corrected chi connectivity index (χ1v) is 2.86. The van der Waals surface area contributed by atoms with Crippen LogP contribution in [0.25, 0.3) is 0 Å². The number of hydrogen-bond acceptors (Lipinski definition) is 2. The summed E-state index contributed by atoms with van der Waals surface area (Å²) < 4.78 is 0.766. The molecule has 0 aromatic carbocycles. The number of aromatic nitrogens is 2. The van der Waals surface area contributed by atoms with Gasteiger partial charge in [-0.2, -0.15) is 0 Å². The molecule has 0 N–H and O–H groups in total. The van der Waals surface area contributed by atoms with Crippen LogP contribution in [-0.4, -0.2) is 9.97 Å². The topological polar surface area (TPSA) is 25.8 Å².